The van der Waals surface area contributed by atoms with Gasteiger partial charge in [-0.2, -0.15) is 10.2 Å². The summed E-state index contributed by atoms with van der Waals surface area (Å²) in [5.74, 6) is -1.12. The number of carbonyl (C=O) groups is 2. The highest BCUT2D eigenvalue weighted by Crippen LogP contribution is 2.33. The van der Waals surface area contributed by atoms with Crippen LogP contribution in [0.5, 0.6) is 0 Å². The van der Waals surface area contributed by atoms with Crippen molar-refractivity contribution in [2.75, 3.05) is 39.3 Å². The molecule has 218 valence electrons. The maximum absolute atomic E-state index is 14.7. The Bertz CT molecular complexity index is 1470. The van der Waals surface area contributed by atoms with Crippen molar-refractivity contribution >= 4 is 11.6 Å². The molecule has 0 N–H and O–H groups in total. The van der Waals surface area contributed by atoms with E-state index >= 15 is 0 Å². The molecule has 0 amide bonds. The maximum atomic E-state index is 14.7. The summed E-state index contributed by atoms with van der Waals surface area (Å²) in [5.41, 5.74) is 2.49. The van der Waals surface area contributed by atoms with E-state index < -0.39 is 11.6 Å². The van der Waals surface area contributed by atoms with E-state index in [9.17, 15) is 18.4 Å². The van der Waals surface area contributed by atoms with Gasteiger partial charge in [-0.3, -0.25) is 19.4 Å². The fraction of sp³-hybridized carbons (Fsp3) is 0.375. The van der Waals surface area contributed by atoms with Crippen LogP contribution in [-0.2, 0) is 0 Å². The summed E-state index contributed by atoms with van der Waals surface area (Å²) in [4.78, 5) is 30.2. The molecule has 2 aliphatic rings. The van der Waals surface area contributed by atoms with Crippen molar-refractivity contribution < 1.29 is 18.4 Å². The molecule has 2 saturated heterocycles. The maximum Gasteiger partial charge on any atom is 0.196 e. The molecule has 8 nitrogen and oxygen atoms in total. The third-order valence-corrected chi connectivity index (χ3v) is 8.11. The molecular formula is C32H34F2N6O2. The molecule has 2 aromatic carbocycles. The van der Waals surface area contributed by atoms with Gasteiger partial charge in [0.05, 0.1) is 36.2 Å². The van der Waals surface area contributed by atoms with Crippen LogP contribution in [0.15, 0.2) is 61.1 Å². The highest BCUT2D eigenvalue weighted by Gasteiger charge is 2.21. The first-order chi connectivity index (χ1) is 20.4. The van der Waals surface area contributed by atoms with Crippen molar-refractivity contribution in [3.05, 3.63) is 83.9 Å². The number of ketones is 2. The first-order valence-corrected chi connectivity index (χ1v) is 14.7. The fourth-order valence-corrected chi connectivity index (χ4v) is 5.87. The summed E-state index contributed by atoms with van der Waals surface area (Å²) in [7, 11) is 0. The topological polar surface area (TPSA) is 76.3 Å². The zero-order chi connectivity index (χ0) is 29.1. The normalized spacial score (nSPS) is 16.5. The average molecular weight is 573 g/mol. The van der Waals surface area contributed by atoms with Crippen LogP contribution in [0.25, 0.3) is 22.5 Å². The van der Waals surface area contributed by atoms with E-state index in [1.807, 2.05) is 0 Å². The number of aromatic nitrogens is 4. The van der Waals surface area contributed by atoms with Gasteiger partial charge in [-0.1, -0.05) is 12.8 Å². The van der Waals surface area contributed by atoms with E-state index in [-0.39, 0.29) is 11.6 Å². The van der Waals surface area contributed by atoms with Crippen molar-refractivity contribution in [1.29, 1.82) is 0 Å². The highest BCUT2D eigenvalue weighted by atomic mass is 19.1. The molecule has 0 saturated carbocycles. The largest absolute Gasteiger partial charge is 0.296 e. The Balaban J connectivity index is 1.30. The molecule has 0 atom stereocenters. The Hall–Kier alpha value is -4.02. The molecule has 0 spiro atoms. The Morgan fingerprint density at radius 3 is 1.83 bits per heavy atom. The molecule has 6 rings (SSSR count). The van der Waals surface area contributed by atoms with Crippen LogP contribution < -0.4 is 0 Å². The lowest BCUT2D eigenvalue weighted by molar-refractivity contribution is 0.0905. The van der Waals surface area contributed by atoms with Crippen molar-refractivity contribution in [2.24, 2.45) is 0 Å². The van der Waals surface area contributed by atoms with Gasteiger partial charge in [0.1, 0.15) is 17.3 Å². The van der Waals surface area contributed by atoms with Gasteiger partial charge in [-0.15, -0.1) is 0 Å². The minimum atomic E-state index is -0.504. The lowest BCUT2D eigenvalue weighted by Crippen LogP contribution is -2.34. The van der Waals surface area contributed by atoms with Crippen molar-refractivity contribution in [1.82, 2.24) is 29.4 Å². The SMILES string of the molecule is O=C(CN1CCCCC1)c1cnn(-c2ccc(F)cc2-c2cc(F)ccc2-n2ccc(C(=O)CN3CCCCC3)n2)c1. The third kappa shape index (κ3) is 6.24. The number of carbonyl (C=O) groups excluding carboxylic acids is 2. The zero-order valence-electron chi connectivity index (χ0n) is 23.5. The Labute approximate surface area is 243 Å². The Kier molecular flexibility index (Phi) is 8.34. The van der Waals surface area contributed by atoms with Crippen molar-refractivity contribution in [3.63, 3.8) is 0 Å². The monoisotopic (exact) mass is 572 g/mol. The average Bonchev–Trinajstić information content (AvgIpc) is 3.69. The summed E-state index contributed by atoms with van der Waals surface area (Å²) in [6, 6.07) is 10.0. The first kappa shape index (κ1) is 28.1. The number of hydrogen-bond acceptors (Lipinski definition) is 6. The number of piperidine rings is 2. The third-order valence-electron chi connectivity index (χ3n) is 8.11. The van der Waals surface area contributed by atoms with E-state index in [1.54, 1.807) is 30.6 Å². The van der Waals surface area contributed by atoms with Gasteiger partial charge in [0, 0.05) is 23.5 Å². The molecule has 2 aromatic heterocycles. The Morgan fingerprint density at radius 2 is 1.24 bits per heavy atom. The van der Waals surface area contributed by atoms with Crippen molar-refractivity contribution in [2.45, 2.75) is 38.5 Å². The van der Waals surface area contributed by atoms with Crippen molar-refractivity contribution in [3.8, 4) is 22.5 Å². The lowest BCUT2D eigenvalue weighted by atomic mass is 10.0. The van der Waals surface area contributed by atoms with Crippen LogP contribution in [0.2, 0.25) is 0 Å². The van der Waals surface area contributed by atoms with Crippen LogP contribution >= 0.6 is 0 Å². The van der Waals surface area contributed by atoms with Gasteiger partial charge < -0.3 is 0 Å². The minimum Gasteiger partial charge on any atom is -0.296 e. The molecule has 0 radical (unpaired) electrons. The zero-order valence-corrected chi connectivity index (χ0v) is 23.5. The number of halogens is 2. The smallest absolute Gasteiger partial charge is 0.196 e. The molecule has 4 aromatic rings. The van der Waals surface area contributed by atoms with Gasteiger partial charge in [-0.05, 0) is 94.3 Å². The molecule has 0 bridgehead atoms. The molecule has 4 heterocycles. The summed E-state index contributed by atoms with van der Waals surface area (Å²) in [5, 5.41) is 8.94. The standard InChI is InChI=1S/C32H34F2N6O2/c33-24-7-9-29(39-16-11-28(36-39)32(42)22-38-14-5-2-6-15-38)26(17-24)27-18-25(34)8-10-30(27)40-20-23(19-35-40)31(41)21-37-12-3-1-4-13-37/h7-11,16-20H,1-6,12-15,21-22H2. The predicted molar refractivity (Wildman–Crippen MR) is 155 cm³/mol. The number of Topliss-reactive ketones (excluding diaryl/α,β-unsaturated/α-hetero) is 2. The van der Waals surface area contributed by atoms with Gasteiger partial charge in [0.25, 0.3) is 0 Å². The van der Waals surface area contributed by atoms with Crippen LogP contribution in [0.3, 0.4) is 0 Å². The van der Waals surface area contributed by atoms with E-state index in [4.69, 9.17) is 0 Å². The van der Waals surface area contributed by atoms with E-state index in [0.717, 1.165) is 51.9 Å². The van der Waals surface area contributed by atoms with Crippen LogP contribution in [0.1, 0.15) is 59.4 Å². The number of likely N-dealkylation sites (tertiary alicyclic amines) is 2. The first-order valence-electron chi connectivity index (χ1n) is 14.7. The number of hydrogen-bond donors (Lipinski definition) is 0. The minimum absolute atomic E-state index is 0.0310. The molecular weight excluding hydrogens is 538 g/mol. The van der Waals surface area contributed by atoms with E-state index in [1.165, 1.54) is 52.7 Å². The summed E-state index contributed by atoms with van der Waals surface area (Å²) in [6.45, 7) is 4.24. The quantitative estimate of drug-likeness (QED) is 0.252. The van der Waals surface area contributed by atoms with Gasteiger partial charge >= 0.3 is 0 Å². The number of rotatable bonds is 9. The van der Waals surface area contributed by atoms with E-state index in [2.05, 4.69) is 20.0 Å². The molecule has 42 heavy (non-hydrogen) atoms. The van der Waals surface area contributed by atoms with Crippen LogP contribution in [-0.4, -0.2) is 80.2 Å². The second-order valence-corrected chi connectivity index (χ2v) is 11.2. The van der Waals surface area contributed by atoms with Gasteiger partial charge in [0.15, 0.2) is 11.6 Å². The molecule has 2 fully saturated rings. The van der Waals surface area contributed by atoms with Gasteiger partial charge in [0.2, 0.25) is 0 Å². The van der Waals surface area contributed by atoms with Crippen LogP contribution in [0, 0.1) is 11.6 Å². The number of benzene rings is 2. The fourth-order valence-electron chi connectivity index (χ4n) is 5.87. The van der Waals surface area contributed by atoms with Gasteiger partial charge in [-0.25, -0.2) is 18.1 Å². The Morgan fingerprint density at radius 1 is 0.690 bits per heavy atom. The molecule has 10 heteroatoms. The molecule has 2 aliphatic heterocycles. The second-order valence-electron chi connectivity index (χ2n) is 11.2. The highest BCUT2D eigenvalue weighted by molar-refractivity contribution is 5.97. The number of nitrogens with zero attached hydrogens (tertiary/aromatic N) is 6. The summed E-state index contributed by atoms with van der Waals surface area (Å²) >= 11 is 0. The lowest BCUT2D eigenvalue weighted by Gasteiger charge is -2.25. The summed E-state index contributed by atoms with van der Waals surface area (Å²) < 4.78 is 32.3. The molecule has 0 aliphatic carbocycles. The molecule has 0 unspecified atom stereocenters. The summed E-state index contributed by atoms with van der Waals surface area (Å²) in [6.07, 6.45) is 11.5. The van der Waals surface area contributed by atoms with Crippen LogP contribution in [0.4, 0.5) is 8.78 Å². The van der Waals surface area contributed by atoms with E-state index in [0.29, 0.717) is 46.8 Å². The predicted octanol–water partition coefficient (Wildman–Crippen LogP) is 5.34. The second kappa shape index (κ2) is 12.5.